The van der Waals surface area contributed by atoms with Crippen molar-refractivity contribution in [1.82, 2.24) is 0 Å². The van der Waals surface area contributed by atoms with Gasteiger partial charge in [0.15, 0.2) is 9.84 Å². The summed E-state index contributed by atoms with van der Waals surface area (Å²) in [6, 6.07) is 4.36. The van der Waals surface area contributed by atoms with Crippen molar-refractivity contribution in [3.63, 3.8) is 0 Å². The second kappa shape index (κ2) is 5.99. The van der Waals surface area contributed by atoms with Crippen LogP contribution in [-0.2, 0) is 9.84 Å². The maximum Gasteiger partial charge on any atom is 0.154 e. The van der Waals surface area contributed by atoms with Crippen molar-refractivity contribution < 1.29 is 12.8 Å². The number of hydrogen-bond acceptors (Lipinski definition) is 3. The van der Waals surface area contributed by atoms with Gasteiger partial charge in [0.1, 0.15) is 5.82 Å². The first-order valence-electron chi connectivity index (χ1n) is 5.23. The van der Waals surface area contributed by atoms with Crippen LogP contribution in [0.3, 0.4) is 0 Å². The molecule has 0 aliphatic carbocycles. The van der Waals surface area contributed by atoms with Gasteiger partial charge >= 0.3 is 0 Å². The highest BCUT2D eigenvalue weighted by atomic mass is 127. The van der Waals surface area contributed by atoms with E-state index in [-0.39, 0.29) is 16.8 Å². The van der Waals surface area contributed by atoms with E-state index in [4.69, 9.17) is 0 Å². The number of sulfone groups is 1. The van der Waals surface area contributed by atoms with Gasteiger partial charge in [-0.15, -0.1) is 0 Å². The van der Waals surface area contributed by atoms with Crippen molar-refractivity contribution in [2.75, 3.05) is 17.6 Å². The Labute approximate surface area is 115 Å². The summed E-state index contributed by atoms with van der Waals surface area (Å²) >= 11 is 2.01. The summed E-state index contributed by atoms with van der Waals surface area (Å²) in [6.45, 7) is 3.66. The topological polar surface area (TPSA) is 46.2 Å². The predicted molar refractivity (Wildman–Crippen MR) is 76.5 cm³/mol. The second-order valence-electron chi connectivity index (χ2n) is 3.97. The Morgan fingerprint density at radius 1 is 1.41 bits per heavy atom. The smallest absolute Gasteiger partial charge is 0.154 e. The molecule has 17 heavy (non-hydrogen) atoms. The Morgan fingerprint density at radius 2 is 2.06 bits per heavy atom. The minimum absolute atomic E-state index is 0.0815. The van der Waals surface area contributed by atoms with Crippen molar-refractivity contribution in [2.24, 2.45) is 0 Å². The van der Waals surface area contributed by atoms with Crippen molar-refractivity contribution in [3.05, 3.63) is 27.6 Å². The van der Waals surface area contributed by atoms with E-state index in [0.29, 0.717) is 6.54 Å². The monoisotopic (exact) mass is 371 g/mol. The van der Waals surface area contributed by atoms with Crippen LogP contribution in [0.25, 0.3) is 0 Å². The van der Waals surface area contributed by atoms with Crippen LogP contribution in [0.5, 0.6) is 0 Å². The zero-order valence-corrected chi connectivity index (χ0v) is 12.7. The number of halogens is 2. The van der Waals surface area contributed by atoms with Crippen LogP contribution in [0.1, 0.15) is 13.8 Å². The molecule has 0 fully saturated rings. The fourth-order valence-corrected chi connectivity index (χ4v) is 2.72. The standard InChI is InChI=1S/C11H15FINO2S/c1-8(2)17(15,16)6-5-14-11-4-3-9(12)7-10(11)13/h3-4,7-8,14H,5-6H2,1-2H3. The fraction of sp³-hybridized carbons (Fsp3) is 0.455. The summed E-state index contributed by atoms with van der Waals surface area (Å²) in [5.74, 6) is -0.215. The van der Waals surface area contributed by atoms with E-state index in [9.17, 15) is 12.8 Å². The van der Waals surface area contributed by atoms with Gasteiger partial charge in [-0.1, -0.05) is 0 Å². The molecule has 0 bridgehead atoms. The van der Waals surface area contributed by atoms with E-state index in [1.165, 1.54) is 12.1 Å². The third-order valence-electron chi connectivity index (χ3n) is 2.35. The van der Waals surface area contributed by atoms with Crippen LogP contribution >= 0.6 is 22.6 Å². The van der Waals surface area contributed by atoms with E-state index < -0.39 is 9.84 Å². The van der Waals surface area contributed by atoms with Crippen molar-refractivity contribution in [3.8, 4) is 0 Å². The first-order chi connectivity index (χ1) is 7.83. The highest BCUT2D eigenvalue weighted by molar-refractivity contribution is 14.1. The Kier molecular flexibility index (Phi) is 5.18. The average molecular weight is 371 g/mol. The molecule has 1 rings (SSSR count). The molecule has 0 saturated carbocycles. The van der Waals surface area contributed by atoms with Crippen molar-refractivity contribution >= 4 is 38.1 Å². The Hall–Kier alpha value is -0.370. The van der Waals surface area contributed by atoms with Gasteiger partial charge in [0.2, 0.25) is 0 Å². The molecule has 3 nitrogen and oxygen atoms in total. The van der Waals surface area contributed by atoms with E-state index in [2.05, 4.69) is 5.32 Å². The summed E-state index contributed by atoms with van der Waals surface area (Å²) in [5, 5.41) is 2.63. The van der Waals surface area contributed by atoms with Crippen LogP contribution in [0.4, 0.5) is 10.1 Å². The molecular weight excluding hydrogens is 356 g/mol. The Bertz CT molecular complexity index is 488. The summed E-state index contributed by atoms with van der Waals surface area (Å²) in [5.41, 5.74) is 0.756. The van der Waals surface area contributed by atoms with E-state index in [1.807, 2.05) is 22.6 Å². The van der Waals surface area contributed by atoms with Gasteiger partial charge in [0.25, 0.3) is 0 Å². The number of anilines is 1. The Morgan fingerprint density at radius 3 is 2.59 bits per heavy atom. The van der Waals surface area contributed by atoms with Crippen LogP contribution in [-0.4, -0.2) is 26.0 Å². The molecule has 1 aromatic rings. The minimum Gasteiger partial charge on any atom is -0.383 e. The van der Waals surface area contributed by atoms with Gasteiger partial charge in [0, 0.05) is 15.8 Å². The predicted octanol–water partition coefficient (Wildman–Crippen LogP) is 2.67. The molecule has 6 heteroatoms. The molecule has 96 valence electrons. The highest BCUT2D eigenvalue weighted by Gasteiger charge is 2.15. The lowest BCUT2D eigenvalue weighted by molar-refractivity contribution is 0.587. The fourth-order valence-electron chi connectivity index (χ4n) is 1.20. The van der Waals surface area contributed by atoms with Gasteiger partial charge in [-0.3, -0.25) is 0 Å². The normalized spacial score (nSPS) is 11.8. The van der Waals surface area contributed by atoms with Gasteiger partial charge in [-0.2, -0.15) is 0 Å². The molecular formula is C11H15FINO2S. The molecule has 0 aliphatic heterocycles. The van der Waals surface area contributed by atoms with Crippen LogP contribution < -0.4 is 5.32 Å². The summed E-state index contributed by atoms with van der Waals surface area (Å²) in [4.78, 5) is 0. The summed E-state index contributed by atoms with van der Waals surface area (Å²) < 4.78 is 36.7. The lowest BCUT2D eigenvalue weighted by atomic mass is 10.3. The molecule has 0 unspecified atom stereocenters. The lowest BCUT2D eigenvalue weighted by Gasteiger charge is -2.10. The quantitative estimate of drug-likeness (QED) is 0.810. The molecule has 0 amide bonds. The number of hydrogen-bond donors (Lipinski definition) is 1. The second-order valence-corrected chi connectivity index (χ2v) is 7.81. The number of benzene rings is 1. The summed E-state index contributed by atoms with van der Waals surface area (Å²) in [7, 11) is -3.03. The molecule has 0 aliphatic rings. The van der Waals surface area contributed by atoms with Crippen LogP contribution in [0.15, 0.2) is 18.2 Å². The molecule has 0 spiro atoms. The van der Waals surface area contributed by atoms with Crippen LogP contribution in [0, 0.1) is 9.39 Å². The molecule has 0 aromatic heterocycles. The average Bonchev–Trinajstić information content (AvgIpc) is 2.21. The first-order valence-corrected chi connectivity index (χ1v) is 8.03. The number of nitrogens with one attached hydrogen (secondary N) is 1. The van der Waals surface area contributed by atoms with Gasteiger partial charge in [-0.25, -0.2) is 12.8 Å². The van der Waals surface area contributed by atoms with E-state index in [0.717, 1.165) is 9.26 Å². The van der Waals surface area contributed by atoms with Crippen LogP contribution in [0.2, 0.25) is 0 Å². The van der Waals surface area contributed by atoms with Gasteiger partial charge < -0.3 is 5.32 Å². The van der Waals surface area contributed by atoms with Gasteiger partial charge in [-0.05, 0) is 54.6 Å². The molecule has 1 aromatic carbocycles. The zero-order chi connectivity index (χ0) is 13.1. The largest absolute Gasteiger partial charge is 0.383 e. The van der Waals surface area contributed by atoms with E-state index in [1.54, 1.807) is 19.9 Å². The van der Waals surface area contributed by atoms with E-state index >= 15 is 0 Å². The van der Waals surface area contributed by atoms with Crippen molar-refractivity contribution in [1.29, 1.82) is 0 Å². The molecule has 0 heterocycles. The maximum atomic E-state index is 12.8. The maximum absolute atomic E-state index is 12.8. The minimum atomic E-state index is -3.03. The lowest BCUT2D eigenvalue weighted by Crippen LogP contribution is -2.23. The molecule has 0 saturated heterocycles. The number of rotatable bonds is 5. The molecule has 1 N–H and O–H groups in total. The summed E-state index contributed by atoms with van der Waals surface area (Å²) in [6.07, 6.45) is 0. The van der Waals surface area contributed by atoms with Crippen molar-refractivity contribution in [2.45, 2.75) is 19.1 Å². The third kappa shape index (κ3) is 4.42. The SMILES string of the molecule is CC(C)S(=O)(=O)CCNc1ccc(F)cc1I. The first kappa shape index (κ1) is 14.7. The highest BCUT2D eigenvalue weighted by Crippen LogP contribution is 2.18. The molecule has 0 radical (unpaired) electrons. The zero-order valence-electron chi connectivity index (χ0n) is 9.70. The Balaban J connectivity index is 2.58. The molecule has 0 atom stereocenters. The third-order valence-corrected chi connectivity index (χ3v) is 5.45. The van der Waals surface area contributed by atoms with Gasteiger partial charge in [0.05, 0.1) is 11.0 Å².